The molecule has 0 spiro atoms. The zero-order valence-corrected chi connectivity index (χ0v) is 8.62. The summed E-state index contributed by atoms with van der Waals surface area (Å²) in [6, 6.07) is 1.40. The molecule has 2 rings (SSSR count). The van der Waals surface area contributed by atoms with Gasteiger partial charge in [-0.3, -0.25) is 4.79 Å². The molecule has 0 radical (unpaired) electrons. The third kappa shape index (κ3) is 1.61. The molecule has 0 aromatic carbocycles. The maximum absolute atomic E-state index is 11.2. The van der Waals surface area contributed by atoms with Crippen LogP contribution in [0.4, 0.5) is 0 Å². The smallest absolute Gasteiger partial charge is 0.251 e. The molecule has 0 saturated heterocycles. The summed E-state index contributed by atoms with van der Waals surface area (Å²) < 4.78 is 0. The van der Waals surface area contributed by atoms with E-state index in [0.717, 1.165) is 0 Å². The topological polar surface area (TPSA) is 81.8 Å². The first kappa shape index (κ1) is 9.79. The van der Waals surface area contributed by atoms with E-state index in [1.54, 1.807) is 6.92 Å². The van der Waals surface area contributed by atoms with E-state index >= 15 is 0 Å². The normalized spacial score (nSPS) is 10.5. The summed E-state index contributed by atoms with van der Waals surface area (Å²) >= 11 is 5.77. The largest absolute Gasteiger partial charge is 0.366 e. The van der Waals surface area contributed by atoms with Crippen molar-refractivity contribution >= 4 is 28.5 Å². The van der Waals surface area contributed by atoms with Crippen LogP contribution in [0.3, 0.4) is 0 Å². The number of rotatable bonds is 1. The van der Waals surface area contributed by atoms with E-state index in [1.165, 1.54) is 12.4 Å². The molecule has 0 saturated carbocycles. The van der Waals surface area contributed by atoms with Crippen LogP contribution in [0, 0.1) is 6.92 Å². The monoisotopic (exact) mass is 222 g/mol. The highest BCUT2D eigenvalue weighted by Gasteiger charge is 2.12. The Bertz CT molecular complexity index is 555. The highest BCUT2D eigenvalue weighted by atomic mass is 35.5. The summed E-state index contributed by atoms with van der Waals surface area (Å²) in [6.45, 7) is 1.76. The number of hydrogen-bond donors (Lipinski definition) is 1. The number of fused-ring (bicyclic) bond motifs is 1. The summed E-state index contributed by atoms with van der Waals surface area (Å²) in [7, 11) is 0. The number of carbonyl (C=O) groups is 1. The number of aromatic nitrogens is 3. The third-order valence-corrected chi connectivity index (χ3v) is 2.20. The molecule has 0 aliphatic heterocycles. The van der Waals surface area contributed by atoms with Crippen molar-refractivity contribution in [3.8, 4) is 0 Å². The summed E-state index contributed by atoms with van der Waals surface area (Å²) in [5.74, 6) is -0.581. The first-order chi connectivity index (χ1) is 7.09. The molecule has 2 heterocycles. The minimum Gasteiger partial charge on any atom is -0.366 e. The molecule has 15 heavy (non-hydrogen) atoms. The Hall–Kier alpha value is -1.75. The fraction of sp³-hybridized carbons (Fsp3) is 0.111. The SMILES string of the molecule is Cc1ncnc2c(C(N)=O)cc(Cl)nc12. The van der Waals surface area contributed by atoms with Crippen LogP contribution in [0.2, 0.25) is 5.15 Å². The molecular formula is C9H7ClN4O. The number of aryl methyl sites for hydroxylation is 1. The Balaban J connectivity index is 2.92. The summed E-state index contributed by atoms with van der Waals surface area (Å²) in [6.07, 6.45) is 1.36. The Morgan fingerprint density at radius 3 is 2.80 bits per heavy atom. The van der Waals surface area contributed by atoms with Crippen LogP contribution in [0.5, 0.6) is 0 Å². The summed E-state index contributed by atoms with van der Waals surface area (Å²) in [4.78, 5) is 23.1. The predicted octanol–water partition coefficient (Wildman–Crippen LogP) is 1.09. The zero-order valence-electron chi connectivity index (χ0n) is 7.86. The molecule has 0 bridgehead atoms. The molecule has 6 heteroatoms. The number of primary amides is 1. The molecule has 0 atom stereocenters. The maximum atomic E-state index is 11.2. The number of amides is 1. The van der Waals surface area contributed by atoms with Crippen LogP contribution in [0.1, 0.15) is 16.1 Å². The van der Waals surface area contributed by atoms with Crippen molar-refractivity contribution in [2.24, 2.45) is 5.73 Å². The molecule has 2 aromatic rings. The lowest BCUT2D eigenvalue weighted by molar-refractivity contribution is 0.100. The molecule has 76 valence electrons. The number of halogens is 1. The van der Waals surface area contributed by atoms with Gasteiger partial charge in [-0.2, -0.15) is 0 Å². The molecule has 5 nitrogen and oxygen atoms in total. The zero-order chi connectivity index (χ0) is 11.0. The van der Waals surface area contributed by atoms with Gasteiger partial charge in [-0.15, -0.1) is 0 Å². The molecule has 2 N–H and O–H groups in total. The van der Waals surface area contributed by atoms with Crippen LogP contribution in [0.15, 0.2) is 12.4 Å². The van der Waals surface area contributed by atoms with Crippen LogP contribution < -0.4 is 5.73 Å². The van der Waals surface area contributed by atoms with E-state index < -0.39 is 5.91 Å². The molecule has 0 aliphatic carbocycles. The van der Waals surface area contributed by atoms with Gasteiger partial charge in [-0.25, -0.2) is 15.0 Å². The number of hydrogen-bond acceptors (Lipinski definition) is 4. The van der Waals surface area contributed by atoms with E-state index in [9.17, 15) is 4.79 Å². The molecule has 0 unspecified atom stereocenters. The van der Waals surface area contributed by atoms with Crippen LogP contribution >= 0.6 is 11.6 Å². The second-order valence-electron chi connectivity index (χ2n) is 3.01. The van der Waals surface area contributed by atoms with E-state index in [4.69, 9.17) is 17.3 Å². The molecular weight excluding hydrogens is 216 g/mol. The quantitative estimate of drug-likeness (QED) is 0.732. The molecule has 1 amide bonds. The summed E-state index contributed by atoms with van der Waals surface area (Å²) in [5.41, 5.74) is 7.06. The number of nitrogens with two attached hydrogens (primary N) is 1. The minimum absolute atomic E-state index is 0.203. The van der Waals surface area contributed by atoms with Gasteiger partial charge in [0.1, 0.15) is 22.5 Å². The average Bonchev–Trinajstić information content (AvgIpc) is 2.18. The lowest BCUT2D eigenvalue weighted by Gasteiger charge is -2.03. The van der Waals surface area contributed by atoms with E-state index in [1.807, 2.05) is 0 Å². The van der Waals surface area contributed by atoms with Gasteiger partial charge in [0.15, 0.2) is 0 Å². The minimum atomic E-state index is -0.581. The predicted molar refractivity (Wildman–Crippen MR) is 55.6 cm³/mol. The van der Waals surface area contributed by atoms with E-state index in [2.05, 4.69) is 15.0 Å². The van der Waals surface area contributed by atoms with Gasteiger partial charge in [0.2, 0.25) is 0 Å². The van der Waals surface area contributed by atoms with Gasteiger partial charge in [-0.05, 0) is 13.0 Å². The molecule has 0 fully saturated rings. The number of carbonyl (C=O) groups excluding carboxylic acids is 1. The Kier molecular flexibility index (Phi) is 2.24. The standard InChI is InChI=1S/C9H7ClN4O/c1-4-7-8(13-3-12-4)5(9(11)15)2-6(10)14-7/h2-3H,1H3,(H2,11,15). The first-order valence-corrected chi connectivity index (χ1v) is 4.55. The average molecular weight is 223 g/mol. The van der Waals surface area contributed by atoms with Crippen molar-refractivity contribution in [2.75, 3.05) is 0 Å². The number of pyridine rings is 1. The second-order valence-corrected chi connectivity index (χ2v) is 3.40. The van der Waals surface area contributed by atoms with E-state index in [0.29, 0.717) is 16.7 Å². The van der Waals surface area contributed by atoms with Crippen molar-refractivity contribution in [2.45, 2.75) is 6.92 Å². The van der Waals surface area contributed by atoms with Crippen LogP contribution in [0.25, 0.3) is 11.0 Å². The molecule has 0 aliphatic rings. The Morgan fingerprint density at radius 2 is 2.13 bits per heavy atom. The van der Waals surface area contributed by atoms with Crippen LogP contribution in [-0.4, -0.2) is 20.9 Å². The van der Waals surface area contributed by atoms with Crippen molar-refractivity contribution in [1.82, 2.24) is 15.0 Å². The van der Waals surface area contributed by atoms with E-state index in [-0.39, 0.29) is 10.7 Å². The maximum Gasteiger partial charge on any atom is 0.251 e. The lowest BCUT2D eigenvalue weighted by atomic mass is 10.2. The number of nitrogens with zero attached hydrogens (tertiary/aromatic N) is 3. The fourth-order valence-electron chi connectivity index (χ4n) is 1.31. The Labute approximate surface area is 90.3 Å². The highest BCUT2D eigenvalue weighted by Crippen LogP contribution is 2.19. The molecule has 2 aromatic heterocycles. The van der Waals surface area contributed by atoms with Crippen molar-refractivity contribution in [3.05, 3.63) is 28.8 Å². The first-order valence-electron chi connectivity index (χ1n) is 4.17. The van der Waals surface area contributed by atoms with Crippen molar-refractivity contribution < 1.29 is 4.79 Å². The van der Waals surface area contributed by atoms with Crippen LogP contribution in [-0.2, 0) is 0 Å². The Morgan fingerprint density at radius 1 is 1.40 bits per heavy atom. The third-order valence-electron chi connectivity index (χ3n) is 2.01. The van der Waals surface area contributed by atoms with Gasteiger partial charge in [-0.1, -0.05) is 11.6 Å². The summed E-state index contributed by atoms with van der Waals surface area (Å²) in [5, 5.41) is 0.203. The fourth-order valence-corrected chi connectivity index (χ4v) is 1.51. The van der Waals surface area contributed by atoms with Gasteiger partial charge in [0.05, 0.1) is 11.3 Å². The second kappa shape index (κ2) is 3.43. The van der Waals surface area contributed by atoms with Crippen molar-refractivity contribution in [1.29, 1.82) is 0 Å². The van der Waals surface area contributed by atoms with Gasteiger partial charge >= 0.3 is 0 Å². The van der Waals surface area contributed by atoms with Crippen molar-refractivity contribution in [3.63, 3.8) is 0 Å². The lowest BCUT2D eigenvalue weighted by Crippen LogP contribution is -2.13. The van der Waals surface area contributed by atoms with Gasteiger partial charge < -0.3 is 5.73 Å². The van der Waals surface area contributed by atoms with Gasteiger partial charge in [0, 0.05) is 0 Å². The highest BCUT2D eigenvalue weighted by molar-refractivity contribution is 6.30. The van der Waals surface area contributed by atoms with Gasteiger partial charge in [0.25, 0.3) is 5.91 Å².